The Labute approximate surface area is 88.8 Å². The minimum Gasteiger partial charge on any atom is -0.312 e. The van der Waals surface area contributed by atoms with Crippen LogP contribution in [0.25, 0.3) is 0 Å². The highest BCUT2D eigenvalue weighted by molar-refractivity contribution is 4.79. The van der Waals surface area contributed by atoms with Gasteiger partial charge in [0.2, 0.25) is 0 Å². The van der Waals surface area contributed by atoms with Gasteiger partial charge in [-0.25, -0.2) is 0 Å². The summed E-state index contributed by atoms with van der Waals surface area (Å²) < 4.78 is 0. The fraction of sp³-hybridized carbons (Fsp3) is 1.00. The molecule has 0 saturated carbocycles. The summed E-state index contributed by atoms with van der Waals surface area (Å²) in [6.07, 6.45) is 5.37. The smallest absolute Gasteiger partial charge is 0.00965 e. The summed E-state index contributed by atoms with van der Waals surface area (Å²) >= 11 is 0. The van der Waals surface area contributed by atoms with Crippen LogP contribution in [0.4, 0.5) is 0 Å². The van der Waals surface area contributed by atoms with Crippen LogP contribution >= 0.6 is 0 Å². The van der Waals surface area contributed by atoms with Gasteiger partial charge in [0.15, 0.2) is 0 Å². The third-order valence-corrected chi connectivity index (χ3v) is 2.86. The lowest BCUT2D eigenvalue weighted by Gasteiger charge is -2.30. The molecule has 2 nitrogen and oxygen atoms in total. The summed E-state index contributed by atoms with van der Waals surface area (Å²) in [6, 6.07) is 1.47. The number of rotatable bonds is 3. The van der Waals surface area contributed by atoms with E-state index in [1.165, 1.54) is 25.7 Å². The molecular weight excluding hydrogens is 172 g/mol. The van der Waals surface area contributed by atoms with Gasteiger partial charge in [-0.3, -0.25) is 0 Å². The van der Waals surface area contributed by atoms with Crippen molar-refractivity contribution in [1.82, 2.24) is 10.6 Å². The van der Waals surface area contributed by atoms with Crippen LogP contribution < -0.4 is 10.6 Å². The van der Waals surface area contributed by atoms with Crippen molar-refractivity contribution in [2.24, 2.45) is 0 Å². The summed E-state index contributed by atoms with van der Waals surface area (Å²) in [7, 11) is 0. The maximum absolute atomic E-state index is 3.66. The largest absolute Gasteiger partial charge is 0.312 e. The number of piperidine rings is 1. The van der Waals surface area contributed by atoms with E-state index in [1.54, 1.807) is 0 Å². The molecule has 0 radical (unpaired) electrons. The van der Waals surface area contributed by atoms with Crippen molar-refractivity contribution in [2.45, 2.75) is 71.0 Å². The van der Waals surface area contributed by atoms with Crippen molar-refractivity contribution < 1.29 is 0 Å². The summed E-state index contributed by atoms with van der Waals surface area (Å²) in [4.78, 5) is 0. The fourth-order valence-corrected chi connectivity index (χ4v) is 2.09. The van der Waals surface area contributed by atoms with E-state index < -0.39 is 0 Å². The lowest BCUT2D eigenvalue weighted by atomic mass is 9.97. The van der Waals surface area contributed by atoms with Crippen LogP contribution in [0, 0.1) is 0 Å². The van der Waals surface area contributed by atoms with Crippen molar-refractivity contribution in [3.8, 4) is 0 Å². The van der Waals surface area contributed by atoms with Gasteiger partial charge >= 0.3 is 0 Å². The average Bonchev–Trinajstić information content (AvgIpc) is 2.01. The van der Waals surface area contributed by atoms with Crippen LogP contribution in [0.3, 0.4) is 0 Å². The zero-order valence-corrected chi connectivity index (χ0v) is 10.2. The first-order chi connectivity index (χ1) is 6.47. The van der Waals surface area contributed by atoms with Gasteiger partial charge in [0, 0.05) is 17.6 Å². The molecule has 84 valence electrons. The third kappa shape index (κ3) is 4.97. The minimum atomic E-state index is 0.264. The Hall–Kier alpha value is -0.0800. The Balaban J connectivity index is 2.12. The lowest BCUT2D eigenvalue weighted by molar-refractivity contribution is 0.307. The molecule has 0 aliphatic carbocycles. The molecule has 1 aliphatic heterocycles. The predicted octanol–water partition coefficient (Wildman–Crippen LogP) is 2.30. The molecule has 0 bridgehead atoms. The molecule has 1 fully saturated rings. The third-order valence-electron chi connectivity index (χ3n) is 2.86. The molecule has 0 aromatic rings. The highest BCUT2D eigenvalue weighted by Gasteiger charge is 2.17. The number of nitrogens with one attached hydrogen (secondary N) is 2. The monoisotopic (exact) mass is 198 g/mol. The Bertz CT molecular complexity index is 160. The average molecular weight is 198 g/mol. The van der Waals surface area contributed by atoms with Crippen molar-refractivity contribution >= 4 is 0 Å². The van der Waals surface area contributed by atoms with E-state index >= 15 is 0 Å². The molecule has 14 heavy (non-hydrogen) atoms. The highest BCUT2D eigenvalue weighted by Crippen LogP contribution is 2.14. The van der Waals surface area contributed by atoms with Crippen molar-refractivity contribution in [3.63, 3.8) is 0 Å². The van der Waals surface area contributed by atoms with Crippen LogP contribution in [-0.2, 0) is 0 Å². The second kappa shape index (κ2) is 5.13. The van der Waals surface area contributed by atoms with E-state index in [-0.39, 0.29) is 5.54 Å². The summed E-state index contributed by atoms with van der Waals surface area (Å²) in [5, 5.41) is 7.21. The van der Waals surface area contributed by atoms with Gasteiger partial charge in [-0.05, 0) is 53.5 Å². The molecule has 2 unspecified atom stereocenters. The summed E-state index contributed by atoms with van der Waals surface area (Å²) in [5.41, 5.74) is 0.264. The molecule has 2 atom stereocenters. The maximum Gasteiger partial charge on any atom is 0.00965 e. The van der Waals surface area contributed by atoms with Crippen LogP contribution in [0.2, 0.25) is 0 Å². The Morgan fingerprint density at radius 3 is 2.57 bits per heavy atom. The van der Waals surface area contributed by atoms with E-state index in [9.17, 15) is 0 Å². The Morgan fingerprint density at radius 2 is 2.00 bits per heavy atom. The van der Waals surface area contributed by atoms with Crippen molar-refractivity contribution in [3.05, 3.63) is 0 Å². The molecule has 2 heteroatoms. The predicted molar refractivity (Wildman–Crippen MR) is 62.6 cm³/mol. The lowest BCUT2D eigenvalue weighted by Crippen LogP contribution is -2.44. The highest BCUT2D eigenvalue weighted by atomic mass is 15.0. The molecule has 1 aliphatic rings. The topological polar surface area (TPSA) is 24.1 Å². The van der Waals surface area contributed by atoms with Crippen molar-refractivity contribution in [1.29, 1.82) is 0 Å². The van der Waals surface area contributed by atoms with Gasteiger partial charge in [0.25, 0.3) is 0 Å². The standard InChI is InChI=1S/C12H26N2/c1-10-6-5-7-11(14-10)8-9-13-12(2,3)4/h10-11,13-14H,5-9H2,1-4H3. The van der Waals surface area contributed by atoms with E-state index in [0.717, 1.165) is 18.6 Å². The van der Waals surface area contributed by atoms with Gasteiger partial charge in [0.1, 0.15) is 0 Å². The molecule has 1 rings (SSSR count). The normalized spacial score (nSPS) is 29.1. The van der Waals surface area contributed by atoms with E-state index in [1.807, 2.05) is 0 Å². The molecule has 0 spiro atoms. The van der Waals surface area contributed by atoms with E-state index in [0.29, 0.717) is 0 Å². The van der Waals surface area contributed by atoms with Gasteiger partial charge < -0.3 is 10.6 Å². The summed E-state index contributed by atoms with van der Waals surface area (Å²) in [6.45, 7) is 10.1. The van der Waals surface area contributed by atoms with Crippen LogP contribution in [-0.4, -0.2) is 24.2 Å². The Morgan fingerprint density at radius 1 is 1.29 bits per heavy atom. The second-order valence-corrected chi connectivity index (χ2v) is 5.66. The van der Waals surface area contributed by atoms with Gasteiger partial charge in [-0.15, -0.1) is 0 Å². The van der Waals surface area contributed by atoms with Gasteiger partial charge in [-0.2, -0.15) is 0 Å². The molecular formula is C12H26N2. The van der Waals surface area contributed by atoms with Crippen LogP contribution in [0.5, 0.6) is 0 Å². The zero-order chi connectivity index (χ0) is 10.6. The van der Waals surface area contributed by atoms with Crippen LogP contribution in [0.1, 0.15) is 53.4 Å². The van der Waals surface area contributed by atoms with Crippen molar-refractivity contribution in [2.75, 3.05) is 6.54 Å². The van der Waals surface area contributed by atoms with Crippen LogP contribution in [0.15, 0.2) is 0 Å². The first-order valence-electron chi connectivity index (χ1n) is 5.98. The fourth-order valence-electron chi connectivity index (χ4n) is 2.09. The maximum atomic E-state index is 3.66. The zero-order valence-electron chi connectivity index (χ0n) is 10.2. The second-order valence-electron chi connectivity index (χ2n) is 5.66. The number of hydrogen-bond acceptors (Lipinski definition) is 2. The molecule has 0 aromatic heterocycles. The first-order valence-corrected chi connectivity index (χ1v) is 5.98. The molecule has 1 saturated heterocycles. The Kier molecular flexibility index (Phi) is 4.39. The number of hydrogen-bond donors (Lipinski definition) is 2. The van der Waals surface area contributed by atoms with Gasteiger partial charge in [0.05, 0.1) is 0 Å². The molecule has 1 heterocycles. The molecule has 2 N–H and O–H groups in total. The quantitative estimate of drug-likeness (QED) is 0.727. The molecule has 0 amide bonds. The van der Waals surface area contributed by atoms with E-state index in [4.69, 9.17) is 0 Å². The SMILES string of the molecule is CC1CCCC(CCNC(C)(C)C)N1. The first kappa shape index (κ1) is 12.0. The molecule has 0 aromatic carbocycles. The summed E-state index contributed by atoms with van der Waals surface area (Å²) in [5.74, 6) is 0. The van der Waals surface area contributed by atoms with Gasteiger partial charge in [-0.1, -0.05) is 6.42 Å². The van der Waals surface area contributed by atoms with E-state index in [2.05, 4.69) is 38.3 Å². The minimum absolute atomic E-state index is 0.264.